The largest absolute Gasteiger partial charge is 0.479 e. The zero-order valence-corrected chi connectivity index (χ0v) is 8.46. The van der Waals surface area contributed by atoms with Crippen molar-refractivity contribution in [3.05, 3.63) is 35.9 Å². The van der Waals surface area contributed by atoms with Crippen molar-refractivity contribution in [2.75, 3.05) is 6.61 Å². The van der Waals surface area contributed by atoms with Crippen LogP contribution in [-0.2, 0) is 9.53 Å². The Balaban J connectivity index is 2.43. The van der Waals surface area contributed by atoms with Gasteiger partial charge in [0.05, 0.1) is 6.61 Å². The number of ether oxygens (including phenoxy) is 1. The lowest BCUT2D eigenvalue weighted by Crippen LogP contribution is -2.22. The molecule has 15 heavy (non-hydrogen) atoms. The Labute approximate surface area is 88.1 Å². The molecule has 4 nitrogen and oxygen atoms in total. The molecular formula is C11H14O4. The van der Waals surface area contributed by atoms with Gasteiger partial charge in [-0.1, -0.05) is 30.3 Å². The zero-order valence-electron chi connectivity index (χ0n) is 8.46. The van der Waals surface area contributed by atoms with E-state index in [4.69, 9.17) is 9.84 Å². The predicted octanol–water partition coefficient (Wildman–Crippen LogP) is 1.21. The normalized spacial score (nSPS) is 14.5. The summed E-state index contributed by atoms with van der Waals surface area (Å²) in [5.74, 6) is -1.03. The van der Waals surface area contributed by atoms with Gasteiger partial charge in [-0.3, -0.25) is 0 Å². The monoisotopic (exact) mass is 210 g/mol. The Kier molecular flexibility index (Phi) is 4.27. The number of aliphatic carboxylic acids is 1. The summed E-state index contributed by atoms with van der Waals surface area (Å²) in [6.45, 7) is 1.41. The first kappa shape index (κ1) is 11.7. The maximum atomic E-state index is 10.4. The average Bonchev–Trinajstić information content (AvgIpc) is 2.26. The number of carbonyl (C=O) groups is 1. The standard InChI is InChI=1S/C11H14O4/c1-8(11(13)14)15-7-10(12)9-5-3-2-4-6-9/h2-6,8,10,12H,7H2,1H3,(H,13,14). The first-order valence-corrected chi connectivity index (χ1v) is 4.68. The van der Waals surface area contributed by atoms with Gasteiger partial charge < -0.3 is 14.9 Å². The third kappa shape index (κ3) is 3.69. The minimum Gasteiger partial charge on any atom is -0.479 e. The molecule has 0 aliphatic carbocycles. The fourth-order valence-corrected chi connectivity index (χ4v) is 1.08. The Morgan fingerprint density at radius 2 is 2.00 bits per heavy atom. The molecule has 0 aliphatic rings. The van der Waals surface area contributed by atoms with E-state index in [9.17, 15) is 9.90 Å². The SMILES string of the molecule is CC(OCC(O)c1ccccc1)C(=O)O. The van der Waals surface area contributed by atoms with E-state index in [0.717, 1.165) is 5.56 Å². The van der Waals surface area contributed by atoms with Crippen LogP contribution in [0.5, 0.6) is 0 Å². The van der Waals surface area contributed by atoms with Crippen LogP contribution in [-0.4, -0.2) is 28.9 Å². The van der Waals surface area contributed by atoms with Crippen LogP contribution < -0.4 is 0 Å². The van der Waals surface area contributed by atoms with E-state index in [1.54, 1.807) is 24.3 Å². The third-order valence-electron chi connectivity index (χ3n) is 2.04. The molecule has 1 aromatic carbocycles. The van der Waals surface area contributed by atoms with Crippen LogP contribution in [0.15, 0.2) is 30.3 Å². The summed E-state index contributed by atoms with van der Waals surface area (Å²) in [6, 6.07) is 8.98. The van der Waals surface area contributed by atoms with Gasteiger partial charge in [-0.15, -0.1) is 0 Å². The van der Waals surface area contributed by atoms with E-state index in [1.807, 2.05) is 6.07 Å². The molecule has 82 valence electrons. The van der Waals surface area contributed by atoms with Gasteiger partial charge in [0.15, 0.2) is 6.10 Å². The highest BCUT2D eigenvalue weighted by atomic mass is 16.5. The van der Waals surface area contributed by atoms with Crippen LogP contribution >= 0.6 is 0 Å². The summed E-state index contributed by atoms with van der Waals surface area (Å²) in [5, 5.41) is 18.2. The summed E-state index contributed by atoms with van der Waals surface area (Å²) in [4.78, 5) is 10.4. The number of aliphatic hydroxyl groups excluding tert-OH is 1. The topological polar surface area (TPSA) is 66.8 Å². The summed E-state index contributed by atoms with van der Waals surface area (Å²) in [6.07, 6.45) is -1.68. The molecule has 0 amide bonds. The average molecular weight is 210 g/mol. The molecule has 0 bridgehead atoms. The summed E-state index contributed by atoms with van der Waals surface area (Å²) >= 11 is 0. The molecule has 1 aromatic rings. The van der Waals surface area contributed by atoms with Gasteiger partial charge in [0.1, 0.15) is 6.10 Å². The van der Waals surface area contributed by atoms with Crippen LogP contribution in [0.3, 0.4) is 0 Å². The molecule has 2 N–H and O–H groups in total. The fourth-order valence-electron chi connectivity index (χ4n) is 1.08. The van der Waals surface area contributed by atoms with E-state index >= 15 is 0 Å². The second-order valence-electron chi connectivity index (χ2n) is 3.24. The van der Waals surface area contributed by atoms with Crippen molar-refractivity contribution in [2.24, 2.45) is 0 Å². The smallest absolute Gasteiger partial charge is 0.332 e. The Bertz CT molecular complexity index is 310. The number of benzene rings is 1. The maximum absolute atomic E-state index is 10.4. The van der Waals surface area contributed by atoms with Crippen molar-refractivity contribution in [3.8, 4) is 0 Å². The van der Waals surface area contributed by atoms with E-state index in [0.29, 0.717) is 0 Å². The van der Waals surface area contributed by atoms with Gasteiger partial charge in [0.25, 0.3) is 0 Å². The molecule has 1 rings (SSSR count). The summed E-state index contributed by atoms with van der Waals surface area (Å²) in [7, 11) is 0. The summed E-state index contributed by atoms with van der Waals surface area (Å²) < 4.78 is 4.97. The van der Waals surface area contributed by atoms with E-state index < -0.39 is 18.2 Å². The van der Waals surface area contributed by atoms with Crippen molar-refractivity contribution < 1.29 is 19.7 Å². The van der Waals surface area contributed by atoms with Gasteiger partial charge in [0.2, 0.25) is 0 Å². The quantitative estimate of drug-likeness (QED) is 0.766. The van der Waals surface area contributed by atoms with Gasteiger partial charge in [-0.05, 0) is 12.5 Å². The lowest BCUT2D eigenvalue weighted by Gasteiger charge is -2.13. The molecule has 0 saturated carbocycles. The fraction of sp³-hybridized carbons (Fsp3) is 0.364. The molecule has 0 fully saturated rings. The lowest BCUT2D eigenvalue weighted by molar-refractivity contribution is -0.150. The Morgan fingerprint density at radius 1 is 1.40 bits per heavy atom. The third-order valence-corrected chi connectivity index (χ3v) is 2.04. The second-order valence-corrected chi connectivity index (χ2v) is 3.24. The Morgan fingerprint density at radius 3 is 2.53 bits per heavy atom. The molecule has 0 radical (unpaired) electrons. The predicted molar refractivity (Wildman–Crippen MR) is 54.5 cm³/mol. The molecule has 4 heteroatoms. The van der Waals surface area contributed by atoms with Crippen LogP contribution in [0, 0.1) is 0 Å². The molecule has 2 unspecified atom stereocenters. The van der Waals surface area contributed by atoms with Gasteiger partial charge in [-0.2, -0.15) is 0 Å². The zero-order chi connectivity index (χ0) is 11.3. The molecule has 0 spiro atoms. The number of carboxylic acids is 1. The first-order valence-electron chi connectivity index (χ1n) is 4.68. The van der Waals surface area contributed by atoms with Crippen LogP contribution in [0.4, 0.5) is 0 Å². The Hall–Kier alpha value is -1.39. The molecular weight excluding hydrogens is 196 g/mol. The number of hydrogen-bond donors (Lipinski definition) is 2. The number of carboxylic acid groups (broad SMARTS) is 1. The molecule has 0 heterocycles. The highest BCUT2D eigenvalue weighted by Gasteiger charge is 2.14. The van der Waals surface area contributed by atoms with Crippen molar-refractivity contribution >= 4 is 5.97 Å². The number of hydrogen-bond acceptors (Lipinski definition) is 3. The highest BCUT2D eigenvalue weighted by molar-refractivity contribution is 5.71. The van der Waals surface area contributed by atoms with Gasteiger partial charge in [-0.25, -0.2) is 4.79 Å². The lowest BCUT2D eigenvalue weighted by atomic mass is 10.1. The summed E-state index contributed by atoms with van der Waals surface area (Å²) in [5.41, 5.74) is 0.718. The number of rotatable bonds is 5. The first-order chi connectivity index (χ1) is 7.11. The van der Waals surface area contributed by atoms with Gasteiger partial charge >= 0.3 is 5.97 Å². The second kappa shape index (κ2) is 5.48. The van der Waals surface area contributed by atoms with E-state index in [2.05, 4.69) is 0 Å². The van der Waals surface area contributed by atoms with Crippen molar-refractivity contribution in [2.45, 2.75) is 19.1 Å². The van der Waals surface area contributed by atoms with Crippen LogP contribution in [0.2, 0.25) is 0 Å². The minimum atomic E-state index is -1.03. The molecule has 0 saturated heterocycles. The van der Waals surface area contributed by atoms with Crippen molar-refractivity contribution in [1.82, 2.24) is 0 Å². The van der Waals surface area contributed by atoms with Crippen molar-refractivity contribution in [3.63, 3.8) is 0 Å². The van der Waals surface area contributed by atoms with E-state index in [1.165, 1.54) is 6.92 Å². The van der Waals surface area contributed by atoms with Crippen molar-refractivity contribution in [1.29, 1.82) is 0 Å². The highest BCUT2D eigenvalue weighted by Crippen LogP contribution is 2.12. The van der Waals surface area contributed by atoms with Crippen LogP contribution in [0.1, 0.15) is 18.6 Å². The van der Waals surface area contributed by atoms with Gasteiger partial charge in [0, 0.05) is 0 Å². The number of aliphatic hydroxyl groups is 1. The molecule has 0 aromatic heterocycles. The minimum absolute atomic E-state index is 0.0164. The molecule has 2 atom stereocenters. The van der Waals surface area contributed by atoms with Crippen LogP contribution in [0.25, 0.3) is 0 Å². The molecule has 0 aliphatic heterocycles. The maximum Gasteiger partial charge on any atom is 0.332 e. The van der Waals surface area contributed by atoms with E-state index in [-0.39, 0.29) is 6.61 Å².